The number of aromatic hydroxyl groups is 1. The molecule has 1 aliphatic rings. The van der Waals surface area contributed by atoms with Crippen molar-refractivity contribution in [2.75, 3.05) is 20.2 Å². The van der Waals surface area contributed by atoms with Crippen LogP contribution in [0.15, 0.2) is 42.5 Å². The molecule has 1 aliphatic carbocycles. The summed E-state index contributed by atoms with van der Waals surface area (Å²) in [4.78, 5) is 0. The number of phenols is 1. The normalized spacial score (nSPS) is 16.8. The molecule has 0 aliphatic heterocycles. The summed E-state index contributed by atoms with van der Waals surface area (Å²) in [6.07, 6.45) is 4.59. The highest BCUT2D eigenvalue weighted by Gasteiger charge is 2.22. The minimum atomic E-state index is 0.328. The molecule has 0 spiro atoms. The Labute approximate surface area is 138 Å². The third-order valence-corrected chi connectivity index (χ3v) is 4.73. The third-order valence-electron chi connectivity index (χ3n) is 4.73. The van der Waals surface area contributed by atoms with Gasteiger partial charge in [-0.3, -0.25) is 0 Å². The molecule has 0 fully saturated rings. The van der Waals surface area contributed by atoms with Gasteiger partial charge in [-0.25, -0.2) is 0 Å². The highest BCUT2D eigenvalue weighted by atomic mass is 16.5. The molecule has 2 aromatic rings. The van der Waals surface area contributed by atoms with Crippen LogP contribution in [0.1, 0.15) is 35.4 Å². The van der Waals surface area contributed by atoms with E-state index in [1.165, 1.54) is 29.5 Å². The van der Waals surface area contributed by atoms with Gasteiger partial charge >= 0.3 is 0 Å². The second-order valence-electron chi connectivity index (χ2n) is 6.24. The molecule has 0 radical (unpaired) electrons. The van der Waals surface area contributed by atoms with Crippen LogP contribution in [-0.4, -0.2) is 25.3 Å². The zero-order valence-corrected chi connectivity index (χ0v) is 13.7. The average molecular weight is 311 g/mol. The SMILES string of the molecule is COc1cccc2c1CCC[C@H]2CNCCc1ccc(O)cc1. The molecule has 0 saturated carbocycles. The van der Waals surface area contributed by atoms with Crippen molar-refractivity contribution in [2.24, 2.45) is 0 Å². The molecular formula is C20H25NO2. The van der Waals surface area contributed by atoms with Crippen LogP contribution < -0.4 is 10.1 Å². The maximum Gasteiger partial charge on any atom is 0.122 e. The Kier molecular flexibility index (Phi) is 5.19. The molecular weight excluding hydrogens is 286 g/mol. The maximum atomic E-state index is 9.31. The van der Waals surface area contributed by atoms with Crippen LogP contribution in [0.4, 0.5) is 0 Å². The Morgan fingerprint density at radius 3 is 2.78 bits per heavy atom. The first kappa shape index (κ1) is 15.9. The summed E-state index contributed by atoms with van der Waals surface area (Å²) in [6, 6.07) is 13.9. The fourth-order valence-electron chi connectivity index (χ4n) is 3.49. The van der Waals surface area contributed by atoms with E-state index < -0.39 is 0 Å². The predicted octanol–water partition coefficient (Wildman–Crippen LogP) is 3.65. The lowest BCUT2D eigenvalue weighted by Gasteiger charge is -2.27. The Morgan fingerprint density at radius 2 is 2.00 bits per heavy atom. The van der Waals surface area contributed by atoms with Crippen LogP contribution in [0.2, 0.25) is 0 Å². The lowest BCUT2D eigenvalue weighted by atomic mass is 9.82. The van der Waals surface area contributed by atoms with Crippen molar-refractivity contribution in [1.29, 1.82) is 0 Å². The number of hydrogen-bond donors (Lipinski definition) is 2. The number of rotatable bonds is 6. The molecule has 0 saturated heterocycles. The van der Waals surface area contributed by atoms with Crippen LogP contribution >= 0.6 is 0 Å². The molecule has 3 heteroatoms. The van der Waals surface area contributed by atoms with Gasteiger partial charge < -0.3 is 15.2 Å². The number of hydrogen-bond acceptors (Lipinski definition) is 3. The van der Waals surface area contributed by atoms with Gasteiger partial charge in [0.05, 0.1) is 7.11 Å². The first-order valence-corrected chi connectivity index (χ1v) is 8.42. The Balaban J connectivity index is 1.55. The van der Waals surface area contributed by atoms with Gasteiger partial charge in [-0.1, -0.05) is 24.3 Å². The molecule has 23 heavy (non-hydrogen) atoms. The quantitative estimate of drug-likeness (QED) is 0.800. The highest BCUT2D eigenvalue weighted by Crippen LogP contribution is 2.36. The Hall–Kier alpha value is -2.00. The van der Waals surface area contributed by atoms with Crippen molar-refractivity contribution in [3.05, 3.63) is 59.2 Å². The van der Waals surface area contributed by atoms with Crippen molar-refractivity contribution < 1.29 is 9.84 Å². The van der Waals surface area contributed by atoms with E-state index in [4.69, 9.17) is 4.74 Å². The molecule has 0 bridgehead atoms. The van der Waals surface area contributed by atoms with E-state index in [9.17, 15) is 5.11 Å². The molecule has 2 N–H and O–H groups in total. The zero-order chi connectivity index (χ0) is 16.1. The lowest BCUT2D eigenvalue weighted by Crippen LogP contribution is -2.26. The van der Waals surface area contributed by atoms with Gasteiger partial charge in [0.1, 0.15) is 11.5 Å². The predicted molar refractivity (Wildman–Crippen MR) is 93.4 cm³/mol. The monoisotopic (exact) mass is 311 g/mol. The Morgan fingerprint density at radius 1 is 1.17 bits per heavy atom. The summed E-state index contributed by atoms with van der Waals surface area (Å²) in [5.74, 6) is 1.94. The first-order chi connectivity index (χ1) is 11.3. The van der Waals surface area contributed by atoms with Gasteiger partial charge in [0, 0.05) is 6.54 Å². The van der Waals surface area contributed by atoms with Gasteiger partial charge in [-0.05, 0) is 73.0 Å². The van der Waals surface area contributed by atoms with E-state index in [1.807, 2.05) is 12.1 Å². The third kappa shape index (κ3) is 3.85. The van der Waals surface area contributed by atoms with E-state index >= 15 is 0 Å². The summed E-state index contributed by atoms with van der Waals surface area (Å²) in [6.45, 7) is 1.97. The van der Waals surface area contributed by atoms with Crippen molar-refractivity contribution in [3.63, 3.8) is 0 Å². The summed E-state index contributed by atoms with van der Waals surface area (Å²) in [7, 11) is 1.76. The zero-order valence-electron chi connectivity index (χ0n) is 13.7. The van der Waals surface area contributed by atoms with Crippen molar-refractivity contribution in [3.8, 4) is 11.5 Å². The van der Waals surface area contributed by atoms with Gasteiger partial charge in [0.2, 0.25) is 0 Å². The van der Waals surface area contributed by atoms with E-state index in [0.29, 0.717) is 11.7 Å². The molecule has 0 aromatic heterocycles. The van der Waals surface area contributed by atoms with Gasteiger partial charge in [-0.2, -0.15) is 0 Å². The van der Waals surface area contributed by atoms with Crippen LogP contribution in [-0.2, 0) is 12.8 Å². The number of ether oxygens (including phenoxy) is 1. The van der Waals surface area contributed by atoms with E-state index in [-0.39, 0.29) is 0 Å². The van der Waals surface area contributed by atoms with Crippen molar-refractivity contribution in [2.45, 2.75) is 31.6 Å². The molecule has 1 atom stereocenters. The summed E-state index contributed by atoms with van der Waals surface area (Å²) >= 11 is 0. The highest BCUT2D eigenvalue weighted by molar-refractivity contribution is 5.43. The number of fused-ring (bicyclic) bond motifs is 1. The second kappa shape index (κ2) is 7.51. The minimum Gasteiger partial charge on any atom is -0.508 e. The van der Waals surface area contributed by atoms with Crippen LogP contribution in [0.3, 0.4) is 0 Å². The molecule has 0 heterocycles. The number of benzene rings is 2. The van der Waals surface area contributed by atoms with Crippen molar-refractivity contribution >= 4 is 0 Å². The topological polar surface area (TPSA) is 41.5 Å². The molecule has 0 unspecified atom stereocenters. The van der Waals surface area contributed by atoms with Gasteiger partial charge in [-0.15, -0.1) is 0 Å². The van der Waals surface area contributed by atoms with Crippen LogP contribution in [0, 0.1) is 0 Å². The van der Waals surface area contributed by atoms with E-state index in [1.54, 1.807) is 19.2 Å². The number of methoxy groups -OCH3 is 1. The molecule has 2 aromatic carbocycles. The molecule has 0 amide bonds. The molecule has 3 nitrogen and oxygen atoms in total. The van der Waals surface area contributed by atoms with E-state index in [2.05, 4.69) is 23.5 Å². The van der Waals surface area contributed by atoms with Crippen LogP contribution in [0.25, 0.3) is 0 Å². The van der Waals surface area contributed by atoms with Gasteiger partial charge in [0.25, 0.3) is 0 Å². The summed E-state index contributed by atoms with van der Waals surface area (Å²) < 4.78 is 5.51. The summed E-state index contributed by atoms with van der Waals surface area (Å²) in [5, 5.41) is 12.9. The number of nitrogens with one attached hydrogen (secondary N) is 1. The smallest absolute Gasteiger partial charge is 0.122 e. The average Bonchev–Trinajstić information content (AvgIpc) is 2.59. The van der Waals surface area contributed by atoms with E-state index in [0.717, 1.165) is 31.7 Å². The first-order valence-electron chi connectivity index (χ1n) is 8.42. The van der Waals surface area contributed by atoms with Gasteiger partial charge in [0.15, 0.2) is 0 Å². The second-order valence-corrected chi connectivity index (χ2v) is 6.24. The van der Waals surface area contributed by atoms with Crippen molar-refractivity contribution in [1.82, 2.24) is 5.32 Å². The lowest BCUT2D eigenvalue weighted by molar-refractivity contribution is 0.401. The standard InChI is InChI=1S/C20H25NO2/c1-23-20-7-3-5-18-16(4-2-6-19(18)20)14-21-13-12-15-8-10-17(22)11-9-15/h3,5,7-11,16,21-22H,2,4,6,12-14H2,1H3/t16-/m0/s1. The number of phenolic OH excluding ortho intramolecular Hbond substituents is 1. The minimum absolute atomic E-state index is 0.328. The fraction of sp³-hybridized carbons (Fsp3) is 0.400. The largest absolute Gasteiger partial charge is 0.508 e. The van der Waals surface area contributed by atoms with Crippen LogP contribution in [0.5, 0.6) is 11.5 Å². The Bertz CT molecular complexity index is 637. The summed E-state index contributed by atoms with van der Waals surface area (Å²) in [5.41, 5.74) is 4.10. The maximum absolute atomic E-state index is 9.31. The molecule has 122 valence electrons. The fourth-order valence-corrected chi connectivity index (χ4v) is 3.49. The molecule has 3 rings (SSSR count).